The Hall–Kier alpha value is -1.42. The summed E-state index contributed by atoms with van der Waals surface area (Å²) in [5.41, 5.74) is 7.23. The van der Waals surface area contributed by atoms with E-state index in [4.69, 9.17) is 22.1 Å². The van der Waals surface area contributed by atoms with Crippen molar-refractivity contribution in [3.05, 3.63) is 22.7 Å². The first-order valence-corrected chi connectivity index (χ1v) is 7.82. The second kappa shape index (κ2) is 7.03. The molecule has 2 unspecified atom stereocenters. The molecular formula is C16H23ClN2O2. The van der Waals surface area contributed by atoms with Crippen LogP contribution >= 0.6 is 11.6 Å². The molecule has 0 saturated heterocycles. The van der Waals surface area contributed by atoms with Gasteiger partial charge in [0.05, 0.1) is 23.4 Å². The number of benzene rings is 1. The normalized spacial score (nSPS) is 21.9. The lowest BCUT2D eigenvalue weighted by Crippen LogP contribution is -2.25. The van der Waals surface area contributed by atoms with E-state index in [1.807, 2.05) is 0 Å². The molecule has 3 N–H and O–H groups in total. The monoisotopic (exact) mass is 310 g/mol. The molecular weight excluding hydrogens is 288 g/mol. The number of rotatable bonds is 4. The van der Waals surface area contributed by atoms with Gasteiger partial charge in [0.25, 0.3) is 0 Å². The molecule has 0 radical (unpaired) electrons. The Bertz CT molecular complexity index is 519. The Morgan fingerprint density at radius 3 is 2.81 bits per heavy atom. The van der Waals surface area contributed by atoms with Crippen molar-refractivity contribution in [1.29, 1.82) is 0 Å². The van der Waals surface area contributed by atoms with Crippen molar-refractivity contribution in [2.75, 3.05) is 24.7 Å². The van der Waals surface area contributed by atoms with Crippen LogP contribution in [-0.2, 0) is 4.74 Å². The number of hydrogen-bond acceptors (Lipinski definition) is 4. The van der Waals surface area contributed by atoms with Gasteiger partial charge in [-0.15, -0.1) is 0 Å². The fourth-order valence-corrected chi connectivity index (χ4v) is 3.30. The smallest absolute Gasteiger partial charge is 0.340 e. The molecule has 0 aromatic heterocycles. The highest BCUT2D eigenvalue weighted by Crippen LogP contribution is 2.33. The summed E-state index contributed by atoms with van der Waals surface area (Å²) >= 11 is 6.24. The molecule has 4 nitrogen and oxygen atoms in total. The summed E-state index contributed by atoms with van der Waals surface area (Å²) in [4.78, 5) is 11.9. The SMILES string of the molecule is COC(=O)c1cc(N)cc(Cl)c1NCC1CCCCC1C. The number of methoxy groups -OCH3 is 1. The van der Waals surface area contributed by atoms with Gasteiger partial charge in [0.1, 0.15) is 0 Å². The number of halogens is 1. The molecule has 0 bridgehead atoms. The lowest BCUT2D eigenvalue weighted by Gasteiger charge is -2.29. The first-order valence-electron chi connectivity index (χ1n) is 7.44. The Morgan fingerprint density at radius 1 is 1.43 bits per heavy atom. The maximum absolute atomic E-state index is 11.9. The van der Waals surface area contributed by atoms with Gasteiger partial charge in [-0.05, 0) is 30.4 Å². The fraction of sp³-hybridized carbons (Fsp3) is 0.562. The van der Waals surface area contributed by atoms with Crippen LogP contribution in [0.25, 0.3) is 0 Å². The zero-order valence-electron chi connectivity index (χ0n) is 12.6. The summed E-state index contributed by atoms with van der Waals surface area (Å²) in [6, 6.07) is 3.25. The minimum absolute atomic E-state index is 0.394. The molecule has 1 aromatic rings. The first-order chi connectivity index (χ1) is 10.0. The molecule has 21 heavy (non-hydrogen) atoms. The predicted molar refractivity (Wildman–Crippen MR) is 86.8 cm³/mol. The van der Waals surface area contributed by atoms with Crippen molar-refractivity contribution >= 4 is 28.9 Å². The van der Waals surface area contributed by atoms with Crippen LogP contribution < -0.4 is 11.1 Å². The summed E-state index contributed by atoms with van der Waals surface area (Å²) in [6.45, 7) is 3.10. The maximum Gasteiger partial charge on any atom is 0.340 e. The van der Waals surface area contributed by atoms with Gasteiger partial charge in [-0.25, -0.2) is 4.79 Å². The average Bonchev–Trinajstić information content (AvgIpc) is 2.46. The van der Waals surface area contributed by atoms with Crippen LogP contribution in [0.15, 0.2) is 12.1 Å². The van der Waals surface area contributed by atoms with E-state index < -0.39 is 5.97 Å². The maximum atomic E-state index is 11.9. The van der Waals surface area contributed by atoms with Crippen molar-refractivity contribution < 1.29 is 9.53 Å². The van der Waals surface area contributed by atoms with E-state index in [0.717, 1.165) is 6.54 Å². The van der Waals surface area contributed by atoms with Gasteiger partial charge in [0.15, 0.2) is 0 Å². The lowest BCUT2D eigenvalue weighted by atomic mass is 9.80. The zero-order valence-corrected chi connectivity index (χ0v) is 13.4. The highest BCUT2D eigenvalue weighted by atomic mass is 35.5. The van der Waals surface area contributed by atoms with E-state index in [1.165, 1.54) is 32.8 Å². The summed E-state index contributed by atoms with van der Waals surface area (Å²) in [6.07, 6.45) is 5.07. The number of anilines is 2. The number of hydrogen-bond donors (Lipinski definition) is 2. The van der Waals surface area contributed by atoms with E-state index in [-0.39, 0.29) is 0 Å². The molecule has 0 heterocycles. The van der Waals surface area contributed by atoms with Gasteiger partial charge in [-0.2, -0.15) is 0 Å². The Labute approximate surface area is 131 Å². The van der Waals surface area contributed by atoms with Gasteiger partial charge in [-0.3, -0.25) is 0 Å². The van der Waals surface area contributed by atoms with Crippen LogP contribution in [0.2, 0.25) is 5.02 Å². The molecule has 116 valence electrons. The van der Waals surface area contributed by atoms with Crippen LogP contribution in [-0.4, -0.2) is 19.6 Å². The molecule has 5 heteroatoms. The first kappa shape index (κ1) is 16.0. The molecule has 1 fully saturated rings. The van der Waals surface area contributed by atoms with Crippen LogP contribution in [0, 0.1) is 11.8 Å². The number of carbonyl (C=O) groups is 1. The van der Waals surface area contributed by atoms with E-state index >= 15 is 0 Å². The third-order valence-corrected chi connectivity index (χ3v) is 4.65. The van der Waals surface area contributed by atoms with Crippen LogP contribution in [0.5, 0.6) is 0 Å². The molecule has 1 aliphatic rings. The van der Waals surface area contributed by atoms with Crippen molar-refractivity contribution in [3.63, 3.8) is 0 Å². The largest absolute Gasteiger partial charge is 0.465 e. The van der Waals surface area contributed by atoms with E-state index in [9.17, 15) is 4.79 Å². The topological polar surface area (TPSA) is 64.3 Å². The third kappa shape index (κ3) is 3.82. The Balaban J connectivity index is 2.16. The van der Waals surface area contributed by atoms with Gasteiger partial charge < -0.3 is 15.8 Å². The predicted octanol–water partition coefficient (Wildman–Crippen LogP) is 3.95. The fourth-order valence-electron chi connectivity index (χ4n) is 3.01. The summed E-state index contributed by atoms with van der Waals surface area (Å²) in [7, 11) is 1.35. The number of carbonyl (C=O) groups excluding carboxylic acids is 1. The van der Waals surface area contributed by atoms with Crippen molar-refractivity contribution in [2.45, 2.75) is 32.6 Å². The standard InChI is InChI=1S/C16H23ClN2O2/c1-10-5-3-4-6-11(10)9-19-15-13(16(20)21-2)7-12(18)8-14(15)17/h7-8,10-11,19H,3-6,9,18H2,1-2H3. The van der Waals surface area contributed by atoms with E-state index in [2.05, 4.69) is 12.2 Å². The van der Waals surface area contributed by atoms with Crippen LogP contribution in [0.1, 0.15) is 43.0 Å². The molecule has 0 amide bonds. The third-order valence-electron chi connectivity index (χ3n) is 4.35. The number of esters is 1. The van der Waals surface area contributed by atoms with Crippen molar-refractivity contribution in [2.24, 2.45) is 11.8 Å². The molecule has 1 aromatic carbocycles. The minimum Gasteiger partial charge on any atom is -0.465 e. The minimum atomic E-state index is -0.427. The zero-order chi connectivity index (χ0) is 15.4. The van der Waals surface area contributed by atoms with Gasteiger partial charge in [0, 0.05) is 12.2 Å². The van der Waals surface area contributed by atoms with Gasteiger partial charge in [-0.1, -0.05) is 37.8 Å². The summed E-state index contributed by atoms with van der Waals surface area (Å²) in [5, 5.41) is 3.79. The van der Waals surface area contributed by atoms with Gasteiger partial charge >= 0.3 is 5.97 Å². The highest BCUT2D eigenvalue weighted by molar-refractivity contribution is 6.34. The van der Waals surface area contributed by atoms with Crippen LogP contribution in [0.3, 0.4) is 0 Å². The average molecular weight is 311 g/mol. The lowest BCUT2D eigenvalue weighted by molar-refractivity contribution is 0.0602. The molecule has 1 saturated carbocycles. The summed E-state index contributed by atoms with van der Waals surface area (Å²) in [5.74, 6) is 0.877. The van der Waals surface area contributed by atoms with Crippen LogP contribution in [0.4, 0.5) is 11.4 Å². The molecule has 2 rings (SSSR count). The second-order valence-corrected chi connectivity index (χ2v) is 6.23. The number of nitrogens with two attached hydrogens (primary N) is 1. The second-order valence-electron chi connectivity index (χ2n) is 5.82. The molecule has 1 aliphatic carbocycles. The highest BCUT2D eigenvalue weighted by Gasteiger charge is 2.23. The van der Waals surface area contributed by atoms with E-state index in [0.29, 0.717) is 33.8 Å². The number of nitrogen functional groups attached to an aromatic ring is 1. The molecule has 0 aliphatic heterocycles. The Morgan fingerprint density at radius 2 is 2.14 bits per heavy atom. The number of ether oxygens (including phenoxy) is 1. The molecule has 0 spiro atoms. The number of nitrogens with one attached hydrogen (secondary N) is 1. The molecule has 2 atom stereocenters. The quantitative estimate of drug-likeness (QED) is 0.653. The Kier molecular flexibility index (Phi) is 5.34. The van der Waals surface area contributed by atoms with E-state index in [1.54, 1.807) is 12.1 Å². The van der Waals surface area contributed by atoms with Crippen molar-refractivity contribution in [1.82, 2.24) is 0 Å². The van der Waals surface area contributed by atoms with Crippen molar-refractivity contribution in [3.8, 4) is 0 Å². The van der Waals surface area contributed by atoms with Gasteiger partial charge in [0.2, 0.25) is 0 Å². The summed E-state index contributed by atoms with van der Waals surface area (Å²) < 4.78 is 4.81.